The second-order valence-corrected chi connectivity index (χ2v) is 9.86. The van der Waals surface area contributed by atoms with E-state index in [0.717, 1.165) is 57.3 Å². The van der Waals surface area contributed by atoms with Gasteiger partial charge in [-0.25, -0.2) is 4.98 Å². The van der Waals surface area contributed by atoms with Crippen molar-refractivity contribution in [2.45, 2.75) is 63.5 Å². The van der Waals surface area contributed by atoms with Crippen LogP contribution in [0.15, 0.2) is 28.8 Å². The molecule has 0 amide bonds. The number of allylic oxidation sites excluding steroid dienone is 1. The number of pyridine rings is 1. The molecule has 1 aromatic rings. The van der Waals surface area contributed by atoms with Gasteiger partial charge in [0.1, 0.15) is 17.5 Å². The molecule has 0 aliphatic carbocycles. The van der Waals surface area contributed by atoms with Crippen LogP contribution in [0.1, 0.15) is 51.5 Å². The molecule has 1 unspecified atom stereocenters. The minimum absolute atomic E-state index is 0.0707. The standard InChI is InChI=1S/C26H39N7O/c1-4-20(15-27)12-23(29-3)30-24-13-21(14-25(31-24)33-9-5-6-19(33)2)26(18-28)7-10-32(11-8-26)22-16-34-17-22/h12-14,19,22H,4-11,16-18,28H2,1-3H3,(H,29,30,31)/b20-12+. The fourth-order valence-electron chi connectivity index (χ4n) is 5.34. The van der Waals surface area contributed by atoms with Crippen LogP contribution in [0.25, 0.3) is 0 Å². The molecule has 3 fully saturated rings. The number of hydrogen-bond acceptors (Lipinski definition) is 7. The number of ether oxygens (including phenoxy) is 1. The Labute approximate surface area is 203 Å². The van der Waals surface area contributed by atoms with Gasteiger partial charge in [-0.3, -0.25) is 9.89 Å². The predicted molar refractivity (Wildman–Crippen MR) is 137 cm³/mol. The van der Waals surface area contributed by atoms with E-state index in [9.17, 15) is 5.26 Å². The second kappa shape index (κ2) is 10.9. The molecule has 0 radical (unpaired) electrons. The lowest BCUT2D eigenvalue weighted by molar-refractivity contribution is -0.0755. The Morgan fingerprint density at radius 1 is 1.35 bits per heavy atom. The number of rotatable bonds is 7. The highest BCUT2D eigenvalue weighted by molar-refractivity contribution is 6.04. The first kappa shape index (κ1) is 24.6. The number of nitrogens with zero attached hydrogens (tertiary/aromatic N) is 5. The van der Waals surface area contributed by atoms with Crippen molar-refractivity contribution in [3.8, 4) is 6.07 Å². The molecule has 0 spiro atoms. The lowest BCUT2D eigenvalue weighted by Crippen LogP contribution is -2.55. The predicted octanol–water partition coefficient (Wildman–Crippen LogP) is 3.06. The molecule has 34 heavy (non-hydrogen) atoms. The lowest BCUT2D eigenvalue weighted by atomic mass is 9.72. The van der Waals surface area contributed by atoms with E-state index >= 15 is 0 Å². The molecule has 4 rings (SSSR count). The molecule has 1 atom stereocenters. The van der Waals surface area contributed by atoms with Crippen molar-refractivity contribution in [3.05, 3.63) is 29.3 Å². The van der Waals surface area contributed by atoms with Crippen LogP contribution in [0.3, 0.4) is 0 Å². The Balaban J connectivity index is 1.66. The topological polar surface area (TPSA) is 103 Å². The fourth-order valence-corrected chi connectivity index (χ4v) is 5.34. The van der Waals surface area contributed by atoms with Crippen LogP contribution in [0.5, 0.6) is 0 Å². The van der Waals surface area contributed by atoms with E-state index in [1.165, 1.54) is 18.4 Å². The Hall–Kier alpha value is -2.47. The number of nitrogens with one attached hydrogen (secondary N) is 1. The van der Waals surface area contributed by atoms with Crippen molar-refractivity contribution in [1.29, 1.82) is 5.26 Å². The number of piperidine rings is 1. The molecule has 0 aromatic carbocycles. The van der Waals surface area contributed by atoms with Gasteiger partial charge < -0.3 is 20.7 Å². The van der Waals surface area contributed by atoms with Crippen LogP contribution in [0.4, 0.5) is 11.6 Å². The Bertz CT molecular complexity index is 954. The summed E-state index contributed by atoms with van der Waals surface area (Å²) in [6.07, 6.45) is 6.90. The van der Waals surface area contributed by atoms with Gasteiger partial charge in [-0.05, 0) is 75.9 Å². The van der Waals surface area contributed by atoms with Crippen molar-refractivity contribution in [2.75, 3.05) is 56.7 Å². The maximum Gasteiger partial charge on any atom is 0.134 e. The van der Waals surface area contributed by atoms with Gasteiger partial charge in [-0.15, -0.1) is 0 Å². The summed E-state index contributed by atoms with van der Waals surface area (Å²) >= 11 is 0. The highest BCUT2D eigenvalue weighted by atomic mass is 16.5. The number of anilines is 2. The van der Waals surface area contributed by atoms with Gasteiger partial charge in [0.15, 0.2) is 0 Å². The molecule has 3 N–H and O–H groups in total. The summed E-state index contributed by atoms with van der Waals surface area (Å²) in [4.78, 5) is 14.3. The summed E-state index contributed by atoms with van der Waals surface area (Å²) in [5.74, 6) is 2.41. The third-order valence-corrected chi connectivity index (χ3v) is 7.89. The SMILES string of the molecule is CC/C(C#N)=C\C(=NC)Nc1cc(C2(CN)CCN(C3COC3)CC2)cc(N2CCCC2C)n1. The van der Waals surface area contributed by atoms with Crippen LogP contribution >= 0.6 is 0 Å². The molecule has 0 saturated carbocycles. The van der Waals surface area contributed by atoms with Gasteiger partial charge in [0.05, 0.1) is 25.3 Å². The summed E-state index contributed by atoms with van der Waals surface area (Å²) in [7, 11) is 1.73. The van der Waals surface area contributed by atoms with Gasteiger partial charge in [0, 0.05) is 37.2 Å². The van der Waals surface area contributed by atoms with Crippen LogP contribution in [0, 0.1) is 11.3 Å². The first-order chi connectivity index (χ1) is 16.5. The van der Waals surface area contributed by atoms with Crippen molar-refractivity contribution in [3.63, 3.8) is 0 Å². The molecule has 1 aromatic heterocycles. The maximum atomic E-state index is 9.37. The van der Waals surface area contributed by atoms with Gasteiger partial charge in [0.25, 0.3) is 0 Å². The van der Waals surface area contributed by atoms with Gasteiger partial charge in [0.2, 0.25) is 0 Å². The fraction of sp³-hybridized carbons (Fsp3) is 0.654. The van der Waals surface area contributed by atoms with Gasteiger partial charge in [-0.1, -0.05) is 6.92 Å². The number of aliphatic imine (C=N–C) groups is 1. The highest BCUT2D eigenvalue weighted by Crippen LogP contribution is 2.39. The molecular formula is C26H39N7O. The lowest BCUT2D eigenvalue weighted by Gasteiger charge is -2.46. The average molecular weight is 466 g/mol. The van der Waals surface area contributed by atoms with Crippen LogP contribution in [0.2, 0.25) is 0 Å². The monoisotopic (exact) mass is 465 g/mol. The molecule has 184 valence electrons. The summed E-state index contributed by atoms with van der Waals surface area (Å²) in [5.41, 5.74) is 8.35. The second-order valence-electron chi connectivity index (χ2n) is 9.86. The molecule has 8 heteroatoms. The normalized spacial score (nSPS) is 24.1. The zero-order valence-corrected chi connectivity index (χ0v) is 20.9. The first-order valence-corrected chi connectivity index (χ1v) is 12.7. The van der Waals surface area contributed by atoms with Crippen molar-refractivity contribution < 1.29 is 4.74 Å². The Morgan fingerprint density at radius 3 is 2.65 bits per heavy atom. The first-order valence-electron chi connectivity index (χ1n) is 12.7. The molecule has 8 nitrogen and oxygen atoms in total. The van der Waals surface area contributed by atoms with Crippen LogP contribution in [-0.4, -0.2) is 74.2 Å². The van der Waals surface area contributed by atoms with Crippen LogP contribution in [-0.2, 0) is 10.2 Å². The van der Waals surface area contributed by atoms with Gasteiger partial charge in [-0.2, -0.15) is 5.26 Å². The molecule has 3 aliphatic heterocycles. The average Bonchev–Trinajstić information content (AvgIpc) is 3.27. The van der Waals surface area contributed by atoms with E-state index in [4.69, 9.17) is 15.5 Å². The Morgan fingerprint density at radius 2 is 2.12 bits per heavy atom. The van der Waals surface area contributed by atoms with Crippen LogP contribution < -0.4 is 16.0 Å². The third kappa shape index (κ3) is 5.12. The quantitative estimate of drug-likeness (QED) is 0.362. The number of aromatic nitrogens is 1. The number of nitrogens with two attached hydrogens (primary N) is 1. The molecule has 3 saturated heterocycles. The van der Waals surface area contributed by atoms with E-state index in [0.29, 0.717) is 36.5 Å². The Kier molecular flexibility index (Phi) is 7.87. The summed E-state index contributed by atoms with van der Waals surface area (Å²) in [5, 5.41) is 12.8. The maximum absolute atomic E-state index is 9.37. The van der Waals surface area contributed by atoms with Crippen molar-refractivity contribution in [1.82, 2.24) is 9.88 Å². The summed E-state index contributed by atoms with van der Waals surface area (Å²) in [6, 6.07) is 7.70. The number of likely N-dealkylation sites (tertiary alicyclic amines) is 1. The smallest absolute Gasteiger partial charge is 0.134 e. The molecule has 0 bridgehead atoms. The number of amidine groups is 1. The van der Waals surface area contributed by atoms with E-state index in [1.54, 1.807) is 7.05 Å². The van der Waals surface area contributed by atoms with E-state index in [2.05, 4.69) is 45.2 Å². The minimum atomic E-state index is -0.0707. The number of nitriles is 1. The van der Waals surface area contributed by atoms with E-state index in [-0.39, 0.29) is 5.41 Å². The highest BCUT2D eigenvalue weighted by Gasteiger charge is 2.39. The van der Waals surface area contributed by atoms with E-state index < -0.39 is 0 Å². The minimum Gasteiger partial charge on any atom is -0.378 e. The summed E-state index contributed by atoms with van der Waals surface area (Å²) < 4.78 is 5.42. The zero-order valence-electron chi connectivity index (χ0n) is 20.9. The van der Waals surface area contributed by atoms with Crippen molar-refractivity contribution >= 4 is 17.5 Å². The number of hydrogen-bond donors (Lipinski definition) is 2. The zero-order chi connectivity index (χ0) is 24.1. The molecule has 3 aliphatic rings. The molecule has 4 heterocycles. The largest absolute Gasteiger partial charge is 0.378 e. The van der Waals surface area contributed by atoms with Crippen molar-refractivity contribution in [2.24, 2.45) is 10.7 Å². The third-order valence-electron chi connectivity index (χ3n) is 7.89. The summed E-state index contributed by atoms with van der Waals surface area (Å²) in [6.45, 7) is 9.66. The van der Waals surface area contributed by atoms with E-state index in [1.807, 2.05) is 13.0 Å². The molecular weight excluding hydrogens is 426 g/mol. The van der Waals surface area contributed by atoms with Gasteiger partial charge >= 0.3 is 0 Å².